The molecule has 0 bridgehead atoms. The Morgan fingerprint density at radius 2 is 0.623 bits per heavy atom. The number of carbonyl (C=O) groups is 2. The summed E-state index contributed by atoms with van der Waals surface area (Å²) in [4.78, 5) is 24.5. The minimum Gasteiger partial charge on any atom is -0.462 e. The maximum atomic E-state index is 12.3. The average molecular weight is 964 g/mol. The van der Waals surface area contributed by atoms with Gasteiger partial charge in [-0.1, -0.05) is 299 Å². The summed E-state index contributed by atoms with van der Waals surface area (Å²) in [6.45, 7) is 4.06. The molecule has 5 heteroatoms. The average Bonchev–Trinajstić information content (AvgIpc) is 3.35. The van der Waals surface area contributed by atoms with E-state index in [0.717, 1.165) is 77.0 Å². The van der Waals surface area contributed by atoms with Gasteiger partial charge < -0.3 is 14.6 Å². The second kappa shape index (κ2) is 59.6. The summed E-state index contributed by atoms with van der Waals surface area (Å²) >= 11 is 0. The standard InChI is InChI=1S/C64H114O5/c1-3-5-7-9-11-13-15-17-19-21-23-24-25-26-27-28-29-30-31-32-33-34-35-36-37-38-39-40-41-43-45-47-49-51-53-55-57-59-64(67)69-62(60-65)61-68-63(66)58-56-54-52-50-48-46-44-42-22-20-18-16-14-12-10-8-6-4-2/h5,7,11,13,17,19,23-24,26-27,29-30,62,65H,3-4,6,8-10,12,14-16,18,20-22,25,28,31-61H2,1-2H3/b7-5-,13-11-,19-17-,24-23-,27-26-,30-29-. The molecule has 0 fully saturated rings. The van der Waals surface area contributed by atoms with Crippen molar-refractivity contribution >= 4 is 11.9 Å². The summed E-state index contributed by atoms with van der Waals surface area (Å²) in [5.41, 5.74) is 0. The first kappa shape index (κ1) is 66.3. The van der Waals surface area contributed by atoms with Crippen LogP contribution in [0, 0.1) is 0 Å². The fourth-order valence-electron chi connectivity index (χ4n) is 8.80. The van der Waals surface area contributed by atoms with Crippen LogP contribution in [0.5, 0.6) is 0 Å². The molecule has 0 aliphatic carbocycles. The lowest BCUT2D eigenvalue weighted by Gasteiger charge is -2.15. The van der Waals surface area contributed by atoms with E-state index in [9.17, 15) is 14.7 Å². The third-order valence-corrected chi connectivity index (χ3v) is 13.3. The minimum absolute atomic E-state index is 0.0616. The second-order valence-corrected chi connectivity index (χ2v) is 20.1. The third-order valence-electron chi connectivity index (χ3n) is 13.3. The molecule has 0 heterocycles. The predicted molar refractivity (Wildman–Crippen MR) is 302 cm³/mol. The number of aliphatic hydroxyl groups is 1. The van der Waals surface area contributed by atoms with E-state index < -0.39 is 6.10 Å². The van der Waals surface area contributed by atoms with Gasteiger partial charge in [0, 0.05) is 12.8 Å². The Hall–Kier alpha value is -2.66. The summed E-state index contributed by atoms with van der Waals surface area (Å²) in [5.74, 6) is -0.575. The third kappa shape index (κ3) is 57.8. The number of hydrogen-bond donors (Lipinski definition) is 1. The molecule has 69 heavy (non-hydrogen) atoms. The highest BCUT2D eigenvalue weighted by Crippen LogP contribution is 2.17. The van der Waals surface area contributed by atoms with Crippen LogP contribution in [0.25, 0.3) is 0 Å². The second-order valence-electron chi connectivity index (χ2n) is 20.1. The number of aliphatic hydroxyl groups excluding tert-OH is 1. The molecule has 0 aromatic carbocycles. The molecule has 0 radical (unpaired) electrons. The number of hydrogen-bond acceptors (Lipinski definition) is 5. The molecule has 0 aromatic rings. The van der Waals surface area contributed by atoms with Crippen molar-refractivity contribution in [1.29, 1.82) is 0 Å². The molecule has 1 N–H and O–H groups in total. The molecule has 1 atom stereocenters. The number of unbranched alkanes of at least 4 members (excludes halogenated alkanes) is 35. The molecule has 1 unspecified atom stereocenters. The minimum atomic E-state index is -0.771. The zero-order chi connectivity index (χ0) is 49.9. The Balaban J connectivity index is 3.44. The highest BCUT2D eigenvalue weighted by molar-refractivity contribution is 5.70. The van der Waals surface area contributed by atoms with Gasteiger partial charge >= 0.3 is 11.9 Å². The lowest BCUT2D eigenvalue weighted by atomic mass is 10.0. The van der Waals surface area contributed by atoms with E-state index in [-0.39, 0.29) is 25.2 Å². The summed E-state index contributed by atoms with van der Waals surface area (Å²) in [7, 11) is 0. The first-order chi connectivity index (χ1) is 34.1. The van der Waals surface area contributed by atoms with Gasteiger partial charge in [0.2, 0.25) is 0 Å². The van der Waals surface area contributed by atoms with Crippen molar-refractivity contribution in [2.75, 3.05) is 13.2 Å². The van der Waals surface area contributed by atoms with Crippen molar-refractivity contribution in [3.05, 3.63) is 72.9 Å². The smallest absolute Gasteiger partial charge is 0.306 e. The van der Waals surface area contributed by atoms with E-state index in [1.54, 1.807) is 0 Å². The molecule has 0 aromatic heterocycles. The van der Waals surface area contributed by atoms with E-state index in [1.807, 2.05) is 0 Å². The first-order valence-corrected chi connectivity index (χ1v) is 30.0. The van der Waals surface area contributed by atoms with Crippen molar-refractivity contribution in [3.63, 3.8) is 0 Å². The maximum Gasteiger partial charge on any atom is 0.306 e. The van der Waals surface area contributed by atoms with E-state index in [4.69, 9.17) is 9.47 Å². The Bertz CT molecular complexity index is 1230. The molecule has 0 aliphatic rings. The molecule has 0 aliphatic heterocycles. The van der Waals surface area contributed by atoms with Crippen LogP contribution in [0.15, 0.2) is 72.9 Å². The summed E-state index contributed by atoms with van der Waals surface area (Å²) in [6, 6.07) is 0. The van der Waals surface area contributed by atoms with Gasteiger partial charge in [-0.15, -0.1) is 0 Å². The first-order valence-electron chi connectivity index (χ1n) is 30.0. The maximum absolute atomic E-state index is 12.3. The van der Waals surface area contributed by atoms with Crippen LogP contribution in [0.4, 0.5) is 0 Å². The summed E-state index contributed by atoms with van der Waals surface area (Å²) in [6.07, 6.45) is 81.8. The van der Waals surface area contributed by atoms with Crippen molar-refractivity contribution in [3.8, 4) is 0 Å². The zero-order valence-electron chi connectivity index (χ0n) is 45.8. The van der Waals surface area contributed by atoms with Gasteiger partial charge in [-0.2, -0.15) is 0 Å². The molecular formula is C64H114O5. The van der Waals surface area contributed by atoms with Crippen molar-refractivity contribution in [1.82, 2.24) is 0 Å². The van der Waals surface area contributed by atoms with Crippen molar-refractivity contribution in [2.24, 2.45) is 0 Å². The fourth-order valence-corrected chi connectivity index (χ4v) is 8.80. The molecule has 5 nitrogen and oxygen atoms in total. The fraction of sp³-hybridized carbons (Fsp3) is 0.781. The number of carbonyl (C=O) groups excluding carboxylic acids is 2. The molecule has 400 valence electrons. The van der Waals surface area contributed by atoms with Crippen molar-refractivity contribution in [2.45, 2.75) is 309 Å². The van der Waals surface area contributed by atoms with Gasteiger partial charge in [0.15, 0.2) is 6.10 Å². The molecule has 0 spiro atoms. The van der Waals surface area contributed by atoms with Crippen LogP contribution in [0.2, 0.25) is 0 Å². The van der Waals surface area contributed by atoms with Crippen LogP contribution >= 0.6 is 0 Å². The quantitative estimate of drug-likeness (QED) is 0.0374. The SMILES string of the molecule is CC/C=C\C/C=C\C/C=C\C/C=C\C/C=C\C/C=C\CCCCCCCCCCCCCCCCCCCCC(=O)OC(CO)COC(=O)CCCCCCCCCCCCCCCCCCCC. The number of allylic oxidation sites excluding steroid dienone is 12. The Labute approximate surface area is 429 Å². The summed E-state index contributed by atoms with van der Waals surface area (Å²) in [5, 5.41) is 9.66. The molecular weight excluding hydrogens is 849 g/mol. The van der Waals surface area contributed by atoms with Crippen LogP contribution in [-0.4, -0.2) is 36.4 Å². The molecule has 0 amide bonds. The highest BCUT2D eigenvalue weighted by Gasteiger charge is 2.16. The Morgan fingerprint density at radius 3 is 0.942 bits per heavy atom. The van der Waals surface area contributed by atoms with E-state index >= 15 is 0 Å². The van der Waals surface area contributed by atoms with E-state index in [1.165, 1.54) is 199 Å². The van der Waals surface area contributed by atoms with Gasteiger partial charge in [-0.3, -0.25) is 9.59 Å². The van der Waals surface area contributed by atoms with Gasteiger partial charge in [0.25, 0.3) is 0 Å². The lowest BCUT2D eigenvalue weighted by molar-refractivity contribution is -0.161. The van der Waals surface area contributed by atoms with Crippen molar-refractivity contribution < 1.29 is 24.2 Å². The topological polar surface area (TPSA) is 72.8 Å². The van der Waals surface area contributed by atoms with Crippen LogP contribution in [0.3, 0.4) is 0 Å². The van der Waals surface area contributed by atoms with Gasteiger partial charge in [0.1, 0.15) is 6.61 Å². The monoisotopic (exact) mass is 963 g/mol. The van der Waals surface area contributed by atoms with Gasteiger partial charge in [-0.25, -0.2) is 0 Å². The number of esters is 2. The predicted octanol–water partition coefficient (Wildman–Crippen LogP) is 20.4. The van der Waals surface area contributed by atoms with Gasteiger partial charge in [-0.05, 0) is 64.2 Å². The molecule has 0 saturated heterocycles. The number of rotatable bonds is 55. The highest BCUT2D eigenvalue weighted by atomic mass is 16.6. The zero-order valence-corrected chi connectivity index (χ0v) is 45.8. The largest absolute Gasteiger partial charge is 0.462 e. The Kier molecular flexibility index (Phi) is 57.3. The van der Waals surface area contributed by atoms with Gasteiger partial charge in [0.05, 0.1) is 6.61 Å². The lowest BCUT2D eigenvalue weighted by Crippen LogP contribution is -2.28. The van der Waals surface area contributed by atoms with Crippen LogP contribution < -0.4 is 0 Å². The molecule has 0 rings (SSSR count). The van der Waals surface area contributed by atoms with Crippen LogP contribution in [-0.2, 0) is 19.1 Å². The molecule has 0 saturated carbocycles. The number of ether oxygens (including phenoxy) is 2. The van der Waals surface area contributed by atoms with Crippen LogP contribution in [0.1, 0.15) is 303 Å². The Morgan fingerprint density at radius 1 is 0.348 bits per heavy atom. The normalized spacial score (nSPS) is 12.7. The summed E-state index contributed by atoms with van der Waals surface area (Å²) < 4.78 is 10.7. The van der Waals surface area contributed by atoms with E-state index in [2.05, 4.69) is 86.8 Å². The van der Waals surface area contributed by atoms with E-state index in [0.29, 0.717) is 12.8 Å².